The van der Waals surface area contributed by atoms with Crippen molar-refractivity contribution in [2.45, 2.75) is 38.3 Å². The average molecular weight is 433 g/mol. The fourth-order valence-electron chi connectivity index (χ4n) is 3.52. The topological polar surface area (TPSA) is 91.8 Å². The Bertz CT molecular complexity index is 956. The molecule has 0 aliphatic carbocycles. The third-order valence-corrected chi connectivity index (χ3v) is 6.67. The molecular weight excluding hydrogens is 400 g/mol. The highest BCUT2D eigenvalue weighted by Gasteiger charge is 2.18. The van der Waals surface area contributed by atoms with Gasteiger partial charge < -0.3 is 15.4 Å². The van der Waals surface area contributed by atoms with E-state index in [2.05, 4.69) is 57.6 Å². The first-order chi connectivity index (χ1) is 14.5. The van der Waals surface area contributed by atoms with Crippen molar-refractivity contribution >= 4 is 26.8 Å². The monoisotopic (exact) mass is 432 g/mol. The first-order valence-electron chi connectivity index (χ1n) is 10.5. The molecule has 0 saturated carbocycles. The first-order valence-corrected chi connectivity index (χ1v) is 12.2. The van der Waals surface area contributed by atoms with Gasteiger partial charge >= 0.3 is 0 Å². The normalized spacial score (nSPS) is 18.9. The van der Waals surface area contributed by atoms with Crippen LogP contribution in [0.5, 0.6) is 0 Å². The minimum absolute atomic E-state index is 0.0151. The lowest BCUT2D eigenvalue weighted by molar-refractivity contribution is 0.0200. The standard InChI is InChI=1S/C22H32N4O3S/c1-17(19-11-10-18-7-3-4-8-20(18)15-19)26-22(23-2)24-12-14-30(27,28)25-16-21-9-5-6-13-29-21/h3-4,7-8,10-11,15,17,21,25H,5-6,9,12-14,16H2,1-2H3,(H2,23,24,26). The lowest BCUT2D eigenvalue weighted by Crippen LogP contribution is -2.43. The molecule has 164 valence electrons. The Hall–Kier alpha value is -2.16. The Balaban J connectivity index is 1.46. The van der Waals surface area contributed by atoms with E-state index < -0.39 is 10.0 Å². The predicted octanol–water partition coefficient (Wildman–Crippen LogP) is 2.55. The molecule has 2 unspecified atom stereocenters. The van der Waals surface area contributed by atoms with E-state index >= 15 is 0 Å². The number of hydrogen-bond donors (Lipinski definition) is 3. The van der Waals surface area contributed by atoms with Gasteiger partial charge in [-0.3, -0.25) is 4.99 Å². The maximum Gasteiger partial charge on any atom is 0.213 e. The number of aliphatic imine (C=N–C) groups is 1. The molecule has 8 heteroatoms. The number of sulfonamides is 1. The fraction of sp³-hybridized carbons (Fsp3) is 0.500. The van der Waals surface area contributed by atoms with Crippen LogP contribution in [0.1, 0.15) is 37.8 Å². The second-order valence-corrected chi connectivity index (χ2v) is 9.55. The summed E-state index contributed by atoms with van der Waals surface area (Å²) in [6.45, 7) is 3.38. The van der Waals surface area contributed by atoms with Crippen LogP contribution in [-0.4, -0.2) is 53.0 Å². The van der Waals surface area contributed by atoms with E-state index in [1.54, 1.807) is 7.05 Å². The molecular formula is C22H32N4O3S. The molecule has 3 N–H and O–H groups in total. The lowest BCUT2D eigenvalue weighted by Gasteiger charge is -2.22. The number of ether oxygens (including phenoxy) is 1. The molecule has 0 spiro atoms. The summed E-state index contributed by atoms with van der Waals surface area (Å²) in [5.74, 6) is 0.548. The summed E-state index contributed by atoms with van der Waals surface area (Å²) in [4.78, 5) is 4.21. The molecule has 2 aromatic rings. The predicted molar refractivity (Wildman–Crippen MR) is 122 cm³/mol. The molecule has 3 rings (SSSR count). The second-order valence-electron chi connectivity index (χ2n) is 7.63. The van der Waals surface area contributed by atoms with Crippen molar-refractivity contribution in [1.29, 1.82) is 0 Å². The van der Waals surface area contributed by atoms with E-state index in [1.165, 1.54) is 10.8 Å². The van der Waals surface area contributed by atoms with E-state index in [0.29, 0.717) is 19.1 Å². The van der Waals surface area contributed by atoms with Crippen LogP contribution in [-0.2, 0) is 14.8 Å². The van der Waals surface area contributed by atoms with Gasteiger partial charge in [0.1, 0.15) is 0 Å². The minimum atomic E-state index is -3.37. The highest BCUT2D eigenvalue weighted by atomic mass is 32.2. The van der Waals surface area contributed by atoms with Crippen LogP contribution in [0.25, 0.3) is 10.8 Å². The van der Waals surface area contributed by atoms with Crippen LogP contribution in [0.15, 0.2) is 47.5 Å². The van der Waals surface area contributed by atoms with E-state index in [1.807, 2.05) is 12.1 Å². The molecule has 7 nitrogen and oxygen atoms in total. The number of rotatable bonds is 8. The Morgan fingerprint density at radius 1 is 1.20 bits per heavy atom. The molecule has 0 aromatic heterocycles. The van der Waals surface area contributed by atoms with Crippen LogP contribution in [0.3, 0.4) is 0 Å². The number of hydrogen-bond acceptors (Lipinski definition) is 4. The largest absolute Gasteiger partial charge is 0.377 e. The summed E-state index contributed by atoms with van der Waals surface area (Å²) in [6.07, 6.45) is 3.03. The Kier molecular flexibility index (Phi) is 8.07. The summed E-state index contributed by atoms with van der Waals surface area (Å²) in [7, 11) is -1.69. The molecule has 30 heavy (non-hydrogen) atoms. The van der Waals surface area contributed by atoms with E-state index in [4.69, 9.17) is 4.74 Å². The SMILES string of the molecule is CN=C(NCCS(=O)(=O)NCC1CCCCO1)NC(C)c1ccc2ccccc2c1. The maximum atomic E-state index is 12.2. The molecule has 0 radical (unpaired) electrons. The van der Waals surface area contributed by atoms with Gasteiger partial charge in [0, 0.05) is 26.7 Å². The maximum absolute atomic E-state index is 12.2. The zero-order valence-electron chi connectivity index (χ0n) is 17.7. The number of nitrogens with one attached hydrogen (secondary N) is 3. The molecule has 0 amide bonds. The van der Waals surface area contributed by atoms with E-state index in [9.17, 15) is 8.42 Å². The van der Waals surface area contributed by atoms with Crippen molar-refractivity contribution in [2.24, 2.45) is 4.99 Å². The summed E-state index contributed by atoms with van der Waals surface area (Å²) >= 11 is 0. The number of guanidine groups is 1. The zero-order chi connectivity index (χ0) is 21.4. The summed E-state index contributed by atoms with van der Waals surface area (Å²) in [6, 6.07) is 14.6. The fourth-order valence-corrected chi connectivity index (χ4v) is 4.48. The zero-order valence-corrected chi connectivity index (χ0v) is 18.5. The Morgan fingerprint density at radius 3 is 2.73 bits per heavy atom. The molecule has 0 bridgehead atoms. The van der Waals surface area contributed by atoms with E-state index in [0.717, 1.165) is 24.8 Å². The molecule has 1 fully saturated rings. The van der Waals surface area contributed by atoms with Crippen molar-refractivity contribution < 1.29 is 13.2 Å². The molecule has 2 atom stereocenters. The summed E-state index contributed by atoms with van der Waals surface area (Å²) in [5, 5.41) is 8.80. The summed E-state index contributed by atoms with van der Waals surface area (Å²) in [5.41, 5.74) is 1.14. The smallest absolute Gasteiger partial charge is 0.213 e. The van der Waals surface area contributed by atoms with Crippen molar-refractivity contribution in [3.63, 3.8) is 0 Å². The van der Waals surface area contributed by atoms with Crippen LogP contribution in [0, 0.1) is 0 Å². The van der Waals surface area contributed by atoms with Gasteiger partial charge in [0.2, 0.25) is 10.0 Å². The van der Waals surface area contributed by atoms with Gasteiger partial charge in [0.15, 0.2) is 5.96 Å². The quantitative estimate of drug-likeness (QED) is 0.440. The third-order valence-electron chi connectivity index (χ3n) is 5.32. The van der Waals surface area contributed by atoms with E-state index in [-0.39, 0.29) is 24.4 Å². The van der Waals surface area contributed by atoms with Gasteiger partial charge in [-0.2, -0.15) is 0 Å². The van der Waals surface area contributed by atoms with Gasteiger partial charge in [0.05, 0.1) is 17.9 Å². The Morgan fingerprint density at radius 2 is 2.00 bits per heavy atom. The lowest BCUT2D eigenvalue weighted by atomic mass is 10.0. The molecule has 1 saturated heterocycles. The summed E-state index contributed by atoms with van der Waals surface area (Å²) < 4.78 is 32.7. The van der Waals surface area contributed by atoms with Crippen LogP contribution < -0.4 is 15.4 Å². The molecule has 1 aliphatic heterocycles. The van der Waals surface area contributed by atoms with Gasteiger partial charge in [0.25, 0.3) is 0 Å². The molecule has 2 aromatic carbocycles. The first kappa shape index (κ1) is 22.5. The van der Waals surface area contributed by atoms with Crippen molar-refractivity contribution in [3.8, 4) is 0 Å². The number of nitrogens with zero attached hydrogens (tertiary/aromatic N) is 1. The highest BCUT2D eigenvalue weighted by molar-refractivity contribution is 7.89. The van der Waals surface area contributed by atoms with Crippen LogP contribution >= 0.6 is 0 Å². The molecule has 1 heterocycles. The highest BCUT2D eigenvalue weighted by Crippen LogP contribution is 2.20. The van der Waals surface area contributed by atoms with Gasteiger partial charge in [-0.15, -0.1) is 0 Å². The van der Waals surface area contributed by atoms with Gasteiger partial charge in [-0.25, -0.2) is 13.1 Å². The van der Waals surface area contributed by atoms with Crippen LogP contribution in [0.2, 0.25) is 0 Å². The van der Waals surface area contributed by atoms with Gasteiger partial charge in [-0.1, -0.05) is 36.4 Å². The van der Waals surface area contributed by atoms with Crippen molar-refractivity contribution in [3.05, 3.63) is 48.0 Å². The minimum Gasteiger partial charge on any atom is -0.377 e. The van der Waals surface area contributed by atoms with Crippen LogP contribution in [0.4, 0.5) is 0 Å². The number of fused-ring (bicyclic) bond motifs is 1. The van der Waals surface area contributed by atoms with Crippen molar-refractivity contribution in [1.82, 2.24) is 15.4 Å². The third kappa shape index (κ3) is 6.68. The van der Waals surface area contributed by atoms with Crippen molar-refractivity contribution in [2.75, 3.05) is 32.5 Å². The Labute approximate surface area is 179 Å². The molecule has 1 aliphatic rings. The van der Waals surface area contributed by atoms with Gasteiger partial charge in [-0.05, 0) is 48.6 Å². The average Bonchev–Trinajstić information content (AvgIpc) is 2.77. The second kappa shape index (κ2) is 10.7. The number of benzene rings is 2.